The molecule has 0 aliphatic heterocycles. The summed E-state index contributed by atoms with van der Waals surface area (Å²) < 4.78 is 0. The van der Waals surface area contributed by atoms with Crippen LogP contribution in [0.1, 0.15) is 19.4 Å². The van der Waals surface area contributed by atoms with Gasteiger partial charge in [0.05, 0.1) is 6.04 Å². The van der Waals surface area contributed by atoms with Crippen molar-refractivity contribution in [1.29, 1.82) is 0 Å². The lowest BCUT2D eigenvalue weighted by Gasteiger charge is -2.29. The summed E-state index contributed by atoms with van der Waals surface area (Å²) in [6, 6.07) is 1.88. The number of nitrogens with zero attached hydrogens (tertiary/aromatic N) is 1. The average Bonchev–Trinajstić information content (AvgIpc) is 2.69. The third kappa shape index (κ3) is 3.30. The van der Waals surface area contributed by atoms with E-state index in [1.165, 1.54) is 5.56 Å². The van der Waals surface area contributed by atoms with E-state index in [1.54, 1.807) is 11.3 Å². The number of likely N-dealkylation sites (N-methyl/N-ethyl adjacent to an activating group) is 1. The first kappa shape index (κ1) is 13.2. The maximum atomic E-state index is 11.6. The molecular weight excluding hydrogens is 222 g/mol. The maximum Gasteiger partial charge on any atom is 0.251 e. The first-order chi connectivity index (χ1) is 7.56. The molecule has 0 spiro atoms. The van der Waals surface area contributed by atoms with Gasteiger partial charge in [-0.05, 0) is 35.4 Å². The zero-order valence-electron chi connectivity index (χ0n) is 9.93. The van der Waals surface area contributed by atoms with Crippen molar-refractivity contribution in [2.24, 2.45) is 11.8 Å². The van der Waals surface area contributed by atoms with E-state index in [4.69, 9.17) is 5.84 Å². The van der Waals surface area contributed by atoms with Gasteiger partial charge in [-0.15, -0.1) is 0 Å². The Kier molecular flexibility index (Phi) is 4.92. The van der Waals surface area contributed by atoms with E-state index in [9.17, 15) is 4.79 Å². The topological polar surface area (TPSA) is 58.4 Å². The summed E-state index contributed by atoms with van der Waals surface area (Å²) in [6.45, 7) is 4.80. The van der Waals surface area contributed by atoms with Gasteiger partial charge in [-0.1, -0.05) is 13.8 Å². The number of hydrogen-bond acceptors (Lipinski definition) is 4. The Labute approximate surface area is 100 Å². The van der Waals surface area contributed by atoms with Gasteiger partial charge in [0.2, 0.25) is 0 Å². The molecule has 90 valence electrons. The number of rotatable bonds is 5. The third-order valence-electron chi connectivity index (χ3n) is 2.53. The van der Waals surface area contributed by atoms with Gasteiger partial charge < -0.3 is 0 Å². The quantitative estimate of drug-likeness (QED) is 0.462. The molecule has 3 N–H and O–H groups in total. The highest BCUT2D eigenvalue weighted by Crippen LogP contribution is 2.14. The van der Waals surface area contributed by atoms with Crippen molar-refractivity contribution in [3.05, 3.63) is 22.4 Å². The number of hydrazine groups is 1. The van der Waals surface area contributed by atoms with Crippen LogP contribution in [0.25, 0.3) is 0 Å². The Balaban J connectivity index is 2.68. The number of carbonyl (C=O) groups is 1. The molecule has 0 saturated carbocycles. The fourth-order valence-corrected chi connectivity index (χ4v) is 2.53. The van der Waals surface area contributed by atoms with Crippen LogP contribution < -0.4 is 11.3 Å². The molecule has 1 unspecified atom stereocenters. The Morgan fingerprint density at radius 3 is 2.75 bits per heavy atom. The lowest BCUT2D eigenvalue weighted by molar-refractivity contribution is -0.127. The van der Waals surface area contributed by atoms with Crippen LogP contribution in [-0.4, -0.2) is 23.9 Å². The van der Waals surface area contributed by atoms with Gasteiger partial charge in [0.1, 0.15) is 0 Å². The molecule has 0 aliphatic rings. The van der Waals surface area contributed by atoms with Crippen LogP contribution in [0.3, 0.4) is 0 Å². The van der Waals surface area contributed by atoms with Crippen molar-refractivity contribution in [2.45, 2.75) is 26.4 Å². The van der Waals surface area contributed by atoms with E-state index in [2.05, 4.69) is 16.9 Å². The zero-order valence-corrected chi connectivity index (χ0v) is 10.8. The lowest BCUT2D eigenvalue weighted by Crippen LogP contribution is -2.50. The molecule has 0 radical (unpaired) electrons. The van der Waals surface area contributed by atoms with Crippen molar-refractivity contribution in [3.63, 3.8) is 0 Å². The van der Waals surface area contributed by atoms with Gasteiger partial charge in [-0.2, -0.15) is 11.3 Å². The molecule has 5 heteroatoms. The van der Waals surface area contributed by atoms with E-state index < -0.39 is 0 Å². The molecule has 1 aromatic rings. The smallest absolute Gasteiger partial charge is 0.251 e. The second-order valence-electron chi connectivity index (χ2n) is 4.24. The van der Waals surface area contributed by atoms with Crippen LogP contribution >= 0.6 is 11.3 Å². The average molecular weight is 241 g/mol. The Morgan fingerprint density at radius 2 is 2.31 bits per heavy atom. The number of hydrogen-bond donors (Lipinski definition) is 2. The molecule has 1 atom stereocenters. The second-order valence-corrected chi connectivity index (χ2v) is 5.02. The maximum absolute atomic E-state index is 11.6. The van der Waals surface area contributed by atoms with Gasteiger partial charge in [-0.25, -0.2) is 5.84 Å². The highest BCUT2D eigenvalue weighted by Gasteiger charge is 2.25. The van der Waals surface area contributed by atoms with E-state index in [0.29, 0.717) is 0 Å². The highest BCUT2D eigenvalue weighted by atomic mass is 32.1. The standard InChI is InChI=1S/C11H19N3OS/c1-8(2)10(11(15)13-12)14(3)6-9-4-5-16-7-9/h4-5,7-8,10H,6,12H2,1-3H3,(H,13,15). The molecular formula is C11H19N3OS. The molecule has 0 saturated heterocycles. The molecule has 0 fully saturated rings. The van der Waals surface area contributed by atoms with Crippen molar-refractivity contribution < 1.29 is 4.79 Å². The zero-order chi connectivity index (χ0) is 12.1. The number of carbonyl (C=O) groups excluding carboxylic acids is 1. The first-order valence-corrected chi connectivity index (χ1v) is 6.22. The van der Waals surface area contributed by atoms with Crippen LogP contribution in [0.2, 0.25) is 0 Å². The summed E-state index contributed by atoms with van der Waals surface area (Å²) in [5.41, 5.74) is 3.45. The predicted octanol–water partition coefficient (Wildman–Crippen LogP) is 1.19. The van der Waals surface area contributed by atoms with Crippen molar-refractivity contribution in [3.8, 4) is 0 Å². The fraction of sp³-hybridized carbons (Fsp3) is 0.545. The minimum atomic E-state index is -0.190. The van der Waals surface area contributed by atoms with Crippen LogP contribution in [0.15, 0.2) is 16.8 Å². The predicted molar refractivity (Wildman–Crippen MR) is 66.7 cm³/mol. The normalized spacial score (nSPS) is 13.1. The molecule has 0 aromatic carbocycles. The van der Waals surface area contributed by atoms with Crippen LogP contribution in [-0.2, 0) is 11.3 Å². The number of amides is 1. The van der Waals surface area contributed by atoms with E-state index in [1.807, 2.05) is 31.2 Å². The minimum Gasteiger partial charge on any atom is -0.293 e. The van der Waals surface area contributed by atoms with Crippen molar-refractivity contribution >= 4 is 17.2 Å². The van der Waals surface area contributed by atoms with Gasteiger partial charge in [0.15, 0.2) is 0 Å². The molecule has 0 bridgehead atoms. The van der Waals surface area contributed by atoms with Crippen LogP contribution in [0.4, 0.5) is 0 Å². The molecule has 0 aliphatic carbocycles. The van der Waals surface area contributed by atoms with Crippen molar-refractivity contribution in [1.82, 2.24) is 10.3 Å². The summed E-state index contributed by atoms with van der Waals surface area (Å²) in [5.74, 6) is 5.29. The first-order valence-electron chi connectivity index (χ1n) is 5.28. The van der Waals surface area contributed by atoms with E-state index in [-0.39, 0.29) is 17.9 Å². The number of thiophene rings is 1. The number of nitrogens with one attached hydrogen (secondary N) is 1. The van der Waals surface area contributed by atoms with Gasteiger partial charge in [0, 0.05) is 6.54 Å². The number of nitrogens with two attached hydrogens (primary N) is 1. The van der Waals surface area contributed by atoms with Gasteiger partial charge >= 0.3 is 0 Å². The molecule has 1 heterocycles. The van der Waals surface area contributed by atoms with Gasteiger partial charge in [-0.3, -0.25) is 15.1 Å². The lowest BCUT2D eigenvalue weighted by atomic mass is 10.0. The molecule has 16 heavy (non-hydrogen) atoms. The fourth-order valence-electron chi connectivity index (χ4n) is 1.87. The SMILES string of the molecule is CC(C)C(C(=O)NN)N(C)Cc1ccsc1. The highest BCUT2D eigenvalue weighted by molar-refractivity contribution is 7.07. The molecule has 1 aromatic heterocycles. The van der Waals surface area contributed by atoms with E-state index >= 15 is 0 Å². The Bertz CT molecular complexity index is 324. The largest absolute Gasteiger partial charge is 0.293 e. The minimum absolute atomic E-state index is 0.132. The summed E-state index contributed by atoms with van der Waals surface area (Å²) >= 11 is 1.66. The molecule has 1 amide bonds. The van der Waals surface area contributed by atoms with Gasteiger partial charge in [0.25, 0.3) is 5.91 Å². The Hall–Kier alpha value is -0.910. The molecule has 4 nitrogen and oxygen atoms in total. The summed E-state index contributed by atoms with van der Waals surface area (Å²) in [7, 11) is 1.94. The molecule has 1 rings (SSSR count). The summed E-state index contributed by atoms with van der Waals surface area (Å²) in [4.78, 5) is 13.7. The monoisotopic (exact) mass is 241 g/mol. The third-order valence-corrected chi connectivity index (χ3v) is 3.26. The summed E-state index contributed by atoms with van der Waals surface area (Å²) in [6.07, 6.45) is 0. The van der Waals surface area contributed by atoms with Crippen LogP contribution in [0, 0.1) is 5.92 Å². The van der Waals surface area contributed by atoms with E-state index in [0.717, 1.165) is 6.54 Å². The van der Waals surface area contributed by atoms with Crippen molar-refractivity contribution in [2.75, 3.05) is 7.05 Å². The summed E-state index contributed by atoms with van der Waals surface area (Å²) in [5, 5.41) is 4.13. The Morgan fingerprint density at radius 1 is 1.62 bits per heavy atom. The second kappa shape index (κ2) is 5.98. The van der Waals surface area contributed by atoms with Crippen LogP contribution in [0.5, 0.6) is 0 Å².